The van der Waals surface area contributed by atoms with Gasteiger partial charge in [0.1, 0.15) is 0 Å². The first-order valence-corrected chi connectivity index (χ1v) is 5.49. The summed E-state index contributed by atoms with van der Waals surface area (Å²) < 4.78 is 0. The molecule has 0 radical (unpaired) electrons. The first-order valence-electron chi connectivity index (χ1n) is 5.49. The minimum Gasteiger partial charge on any atom is -0.394 e. The van der Waals surface area contributed by atoms with Gasteiger partial charge in [0, 0.05) is 6.54 Å². The average Bonchev–Trinajstić information content (AvgIpc) is 2.81. The Hall–Kier alpha value is -0.900. The van der Waals surface area contributed by atoms with Crippen molar-refractivity contribution in [3.8, 4) is 0 Å². The van der Waals surface area contributed by atoms with Gasteiger partial charge in [-0.2, -0.15) is 0 Å². The van der Waals surface area contributed by atoms with Crippen molar-refractivity contribution in [1.82, 2.24) is 5.32 Å². The number of rotatable bonds is 3. The van der Waals surface area contributed by atoms with Crippen LogP contribution in [-0.2, 0) is 0 Å². The molecule has 4 N–H and O–H groups in total. The molecule has 1 aliphatic rings. The lowest BCUT2D eigenvalue weighted by molar-refractivity contribution is 0.267. The van der Waals surface area contributed by atoms with Gasteiger partial charge in [0.2, 0.25) is 0 Å². The second-order valence-corrected chi connectivity index (χ2v) is 4.11. The Morgan fingerprint density at radius 1 is 1.47 bits per heavy atom. The zero-order chi connectivity index (χ0) is 10.7. The molecule has 1 fully saturated rings. The minimum atomic E-state index is -0.248. The van der Waals surface area contributed by atoms with Crippen LogP contribution in [0.15, 0.2) is 24.3 Å². The van der Waals surface area contributed by atoms with Crippen molar-refractivity contribution in [3.63, 3.8) is 0 Å². The quantitative estimate of drug-likeness (QED) is 0.684. The molecule has 2 rings (SSSR count). The van der Waals surface area contributed by atoms with Gasteiger partial charge >= 0.3 is 0 Å². The van der Waals surface area contributed by atoms with Gasteiger partial charge in [0.15, 0.2) is 0 Å². The van der Waals surface area contributed by atoms with Crippen LogP contribution < -0.4 is 11.1 Å². The largest absolute Gasteiger partial charge is 0.394 e. The summed E-state index contributed by atoms with van der Waals surface area (Å²) in [6.07, 6.45) is 1.16. The summed E-state index contributed by atoms with van der Waals surface area (Å²) >= 11 is 0. The van der Waals surface area contributed by atoms with Crippen LogP contribution in [-0.4, -0.2) is 24.8 Å². The molecule has 1 aromatic rings. The Labute approximate surface area is 90.3 Å². The summed E-state index contributed by atoms with van der Waals surface area (Å²) in [6.45, 7) is 2.11. The molecule has 3 nitrogen and oxygen atoms in total. The highest BCUT2D eigenvalue weighted by molar-refractivity contribution is 5.33. The van der Waals surface area contributed by atoms with E-state index in [-0.39, 0.29) is 12.6 Å². The van der Waals surface area contributed by atoms with E-state index in [1.54, 1.807) is 0 Å². The van der Waals surface area contributed by atoms with E-state index in [9.17, 15) is 0 Å². The molecule has 0 aliphatic carbocycles. The topological polar surface area (TPSA) is 58.3 Å². The summed E-state index contributed by atoms with van der Waals surface area (Å²) in [6, 6.07) is 7.93. The molecule has 1 heterocycles. The Kier molecular flexibility index (Phi) is 3.36. The lowest BCUT2D eigenvalue weighted by Gasteiger charge is -2.18. The number of hydrogen-bond donors (Lipinski definition) is 3. The summed E-state index contributed by atoms with van der Waals surface area (Å²) in [5, 5.41) is 12.5. The summed E-state index contributed by atoms with van der Waals surface area (Å²) in [7, 11) is 0. The normalized spacial score (nSPS) is 22.9. The van der Waals surface area contributed by atoms with Crippen molar-refractivity contribution < 1.29 is 5.11 Å². The van der Waals surface area contributed by atoms with Crippen molar-refractivity contribution in [2.45, 2.75) is 18.4 Å². The van der Waals surface area contributed by atoms with E-state index in [2.05, 4.69) is 11.4 Å². The van der Waals surface area contributed by atoms with Crippen molar-refractivity contribution >= 4 is 0 Å². The number of hydrogen-bond acceptors (Lipinski definition) is 3. The van der Waals surface area contributed by atoms with Crippen LogP contribution in [0, 0.1) is 0 Å². The molecule has 0 spiro atoms. The van der Waals surface area contributed by atoms with Gasteiger partial charge in [0.05, 0.1) is 12.6 Å². The van der Waals surface area contributed by atoms with Gasteiger partial charge in [-0.15, -0.1) is 0 Å². The third-order valence-electron chi connectivity index (χ3n) is 3.09. The molecule has 1 unspecified atom stereocenters. The number of aliphatic hydroxyl groups excluding tert-OH is 1. The predicted octanol–water partition coefficient (Wildman–Crippen LogP) is 0.756. The highest BCUT2D eigenvalue weighted by atomic mass is 16.3. The minimum absolute atomic E-state index is 0.0111. The van der Waals surface area contributed by atoms with Crippen LogP contribution in [0.5, 0.6) is 0 Å². The van der Waals surface area contributed by atoms with E-state index >= 15 is 0 Å². The molecule has 1 aliphatic heterocycles. The molecule has 0 bridgehead atoms. The second-order valence-electron chi connectivity index (χ2n) is 4.11. The van der Waals surface area contributed by atoms with Gasteiger partial charge in [-0.05, 0) is 30.0 Å². The molecule has 82 valence electrons. The van der Waals surface area contributed by atoms with Crippen LogP contribution in [0.25, 0.3) is 0 Å². The molecule has 2 atom stereocenters. The number of aliphatic hydroxyl groups is 1. The monoisotopic (exact) mass is 206 g/mol. The van der Waals surface area contributed by atoms with Crippen LogP contribution in [0.2, 0.25) is 0 Å². The molecular weight excluding hydrogens is 188 g/mol. The highest BCUT2D eigenvalue weighted by Crippen LogP contribution is 2.28. The Balaban J connectivity index is 2.28. The Bertz CT molecular complexity index is 321. The maximum Gasteiger partial charge on any atom is 0.0624 e. The molecule has 0 amide bonds. The molecule has 0 aromatic heterocycles. The SMILES string of the molecule is N[C@@H](CO)c1ccccc1C1CCNC1. The standard InChI is InChI=1S/C12H18N2O/c13-12(8-15)11-4-2-1-3-10(11)9-5-6-14-7-9/h1-4,9,12,14-15H,5-8,13H2/t9?,12-/m0/s1. The Morgan fingerprint density at radius 2 is 2.27 bits per heavy atom. The van der Waals surface area contributed by atoms with Gasteiger partial charge in [0.25, 0.3) is 0 Å². The molecule has 15 heavy (non-hydrogen) atoms. The summed E-state index contributed by atoms with van der Waals surface area (Å²) in [5.74, 6) is 0.554. The van der Waals surface area contributed by atoms with E-state index in [1.165, 1.54) is 5.56 Å². The summed E-state index contributed by atoms with van der Waals surface area (Å²) in [4.78, 5) is 0. The van der Waals surface area contributed by atoms with E-state index in [0.717, 1.165) is 25.1 Å². The van der Waals surface area contributed by atoms with Crippen molar-refractivity contribution in [3.05, 3.63) is 35.4 Å². The zero-order valence-corrected chi connectivity index (χ0v) is 8.82. The number of nitrogens with two attached hydrogens (primary N) is 1. The zero-order valence-electron chi connectivity index (χ0n) is 8.82. The van der Waals surface area contributed by atoms with Crippen LogP contribution in [0.1, 0.15) is 29.5 Å². The Morgan fingerprint density at radius 3 is 2.93 bits per heavy atom. The smallest absolute Gasteiger partial charge is 0.0624 e. The predicted molar refractivity (Wildman–Crippen MR) is 60.7 cm³/mol. The van der Waals surface area contributed by atoms with Gasteiger partial charge < -0.3 is 16.2 Å². The molecular formula is C12H18N2O. The lowest BCUT2D eigenvalue weighted by atomic mass is 9.90. The maximum atomic E-state index is 9.11. The molecule has 0 saturated carbocycles. The van der Waals surface area contributed by atoms with E-state index < -0.39 is 0 Å². The molecule has 3 heteroatoms. The lowest BCUT2D eigenvalue weighted by Crippen LogP contribution is -2.18. The fourth-order valence-electron chi connectivity index (χ4n) is 2.24. The first kappa shape index (κ1) is 10.6. The second kappa shape index (κ2) is 4.75. The van der Waals surface area contributed by atoms with Crippen LogP contribution in [0.3, 0.4) is 0 Å². The number of nitrogens with one attached hydrogen (secondary N) is 1. The molecule has 1 aromatic carbocycles. The van der Waals surface area contributed by atoms with Crippen molar-refractivity contribution in [2.75, 3.05) is 19.7 Å². The third kappa shape index (κ3) is 2.20. The highest BCUT2D eigenvalue weighted by Gasteiger charge is 2.20. The first-order chi connectivity index (χ1) is 7.33. The van der Waals surface area contributed by atoms with Crippen LogP contribution in [0.4, 0.5) is 0 Å². The van der Waals surface area contributed by atoms with Crippen molar-refractivity contribution in [2.24, 2.45) is 5.73 Å². The van der Waals surface area contributed by atoms with E-state index in [1.807, 2.05) is 18.2 Å². The third-order valence-corrected chi connectivity index (χ3v) is 3.09. The van der Waals surface area contributed by atoms with E-state index in [0.29, 0.717) is 5.92 Å². The fourth-order valence-corrected chi connectivity index (χ4v) is 2.24. The summed E-state index contributed by atoms with van der Waals surface area (Å²) in [5.41, 5.74) is 8.28. The van der Waals surface area contributed by atoms with E-state index in [4.69, 9.17) is 10.8 Å². The fraction of sp³-hybridized carbons (Fsp3) is 0.500. The van der Waals surface area contributed by atoms with Gasteiger partial charge in [-0.25, -0.2) is 0 Å². The average molecular weight is 206 g/mol. The number of benzene rings is 1. The van der Waals surface area contributed by atoms with Gasteiger partial charge in [-0.1, -0.05) is 24.3 Å². The van der Waals surface area contributed by atoms with Crippen molar-refractivity contribution in [1.29, 1.82) is 0 Å². The maximum absolute atomic E-state index is 9.11. The molecule has 1 saturated heterocycles. The van der Waals surface area contributed by atoms with Crippen LogP contribution >= 0.6 is 0 Å². The van der Waals surface area contributed by atoms with Gasteiger partial charge in [-0.3, -0.25) is 0 Å².